The molecule has 2 aromatic rings. The predicted octanol–water partition coefficient (Wildman–Crippen LogP) is 2.74. The Bertz CT molecular complexity index is 987. The zero-order valence-corrected chi connectivity index (χ0v) is 17.9. The minimum absolute atomic E-state index is 0.0670. The number of hydrogen-bond donors (Lipinski definition) is 1. The first kappa shape index (κ1) is 20.3. The van der Waals surface area contributed by atoms with E-state index in [1.807, 2.05) is 17.7 Å². The van der Waals surface area contributed by atoms with Gasteiger partial charge in [-0.1, -0.05) is 19.3 Å². The van der Waals surface area contributed by atoms with Gasteiger partial charge in [0.25, 0.3) is 0 Å². The van der Waals surface area contributed by atoms with Gasteiger partial charge in [-0.3, -0.25) is 4.79 Å². The van der Waals surface area contributed by atoms with Crippen molar-refractivity contribution in [3.8, 4) is 0 Å². The van der Waals surface area contributed by atoms with E-state index in [2.05, 4.69) is 10.3 Å². The first-order chi connectivity index (χ1) is 13.9. The number of imidazole rings is 1. The normalized spacial score (nSPS) is 19.1. The van der Waals surface area contributed by atoms with Gasteiger partial charge in [0.05, 0.1) is 15.9 Å². The maximum atomic E-state index is 12.9. The van der Waals surface area contributed by atoms with Crippen LogP contribution in [0.25, 0.3) is 11.0 Å². The zero-order valence-electron chi connectivity index (χ0n) is 17.1. The lowest BCUT2D eigenvalue weighted by molar-refractivity contribution is -0.121. The second kappa shape index (κ2) is 8.44. The van der Waals surface area contributed by atoms with Crippen LogP contribution in [0.2, 0.25) is 0 Å². The molecule has 1 saturated heterocycles. The Hall–Kier alpha value is -1.93. The predicted molar refractivity (Wildman–Crippen MR) is 112 cm³/mol. The Balaban J connectivity index is 1.48. The van der Waals surface area contributed by atoms with Crippen LogP contribution >= 0.6 is 0 Å². The largest absolute Gasteiger partial charge is 0.353 e. The lowest BCUT2D eigenvalue weighted by Gasteiger charge is -2.25. The number of benzene rings is 1. The van der Waals surface area contributed by atoms with Crippen LogP contribution in [-0.2, 0) is 28.3 Å². The molecule has 0 radical (unpaired) electrons. The van der Waals surface area contributed by atoms with E-state index in [0.29, 0.717) is 42.4 Å². The van der Waals surface area contributed by atoms with E-state index in [-0.39, 0.29) is 5.91 Å². The highest BCUT2D eigenvalue weighted by molar-refractivity contribution is 7.89. The van der Waals surface area contributed by atoms with E-state index in [0.717, 1.165) is 43.4 Å². The molecular weight excluding hydrogens is 388 g/mol. The quantitative estimate of drug-likeness (QED) is 0.782. The number of aromatic nitrogens is 2. The van der Waals surface area contributed by atoms with E-state index in [1.54, 1.807) is 16.4 Å². The topological polar surface area (TPSA) is 84.3 Å². The maximum absolute atomic E-state index is 12.9. The number of piperidine rings is 1. The molecule has 4 rings (SSSR count). The highest BCUT2D eigenvalue weighted by atomic mass is 32.2. The summed E-state index contributed by atoms with van der Waals surface area (Å²) in [5.41, 5.74) is 1.55. The van der Waals surface area contributed by atoms with Gasteiger partial charge in [-0.15, -0.1) is 0 Å². The van der Waals surface area contributed by atoms with Crippen molar-refractivity contribution in [2.24, 2.45) is 7.05 Å². The summed E-state index contributed by atoms with van der Waals surface area (Å²) in [6.45, 7) is 1.17. The molecule has 158 valence electrons. The molecule has 2 aliphatic rings. The third-order valence-corrected chi connectivity index (χ3v) is 8.09. The Labute approximate surface area is 172 Å². The SMILES string of the molecule is Cn1c(CCC(=O)NC2CCCC2)nc2cc(S(=O)(=O)N3CCCCC3)ccc21. The van der Waals surface area contributed by atoms with Crippen molar-refractivity contribution >= 4 is 27.0 Å². The van der Waals surface area contributed by atoms with Gasteiger partial charge in [0, 0.05) is 39.0 Å². The minimum atomic E-state index is -3.48. The molecule has 1 saturated carbocycles. The van der Waals surface area contributed by atoms with Gasteiger partial charge in [0.1, 0.15) is 5.82 Å². The summed E-state index contributed by atoms with van der Waals surface area (Å²) in [7, 11) is -1.56. The van der Waals surface area contributed by atoms with E-state index < -0.39 is 10.0 Å². The molecule has 0 unspecified atom stereocenters. The van der Waals surface area contributed by atoms with E-state index in [1.165, 1.54) is 12.8 Å². The van der Waals surface area contributed by atoms with Gasteiger partial charge in [0.2, 0.25) is 15.9 Å². The molecule has 8 heteroatoms. The lowest BCUT2D eigenvalue weighted by atomic mass is 10.2. The monoisotopic (exact) mass is 418 g/mol. The van der Waals surface area contributed by atoms with Crippen molar-refractivity contribution in [2.45, 2.75) is 68.7 Å². The van der Waals surface area contributed by atoms with Crippen LogP contribution in [0, 0.1) is 0 Å². The third kappa shape index (κ3) is 4.33. The van der Waals surface area contributed by atoms with Gasteiger partial charge < -0.3 is 9.88 Å². The molecule has 1 N–H and O–H groups in total. The van der Waals surface area contributed by atoms with Crippen molar-refractivity contribution in [1.82, 2.24) is 19.2 Å². The Morgan fingerprint density at radius 1 is 1.14 bits per heavy atom. The van der Waals surface area contributed by atoms with Crippen LogP contribution in [0.3, 0.4) is 0 Å². The molecule has 1 aliphatic heterocycles. The zero-order chi connectivity index (χ0) is 20.4. The highest BCUT2D eigenvalue weighted by Crippen LogP contribution is 2.25. The molecule has 0 atom stereocenters. The standard InChI is InChI=1S/C21H30N4O3S/c1-24-19-10-9-17(29(27,28)25-13-5-2-6-14-25)15-18(19)23-20(24)11-12-21(26)22-16-7-3-4-8-16/h9-10,15-16H,2-8,11-14H2,1H3,(H,22,26). The summed E-state index contributed by atoms with van der Waals surface area (Å²) >= 11 is 0. The molecule has 2 heterocycles. The van der Waals surface area contributed by atoms with Crippen LogP contribution < -0.4 is 5.32 Å². The number of carbonyl (C=O) groups is 1. The Morgan fingerprint density at radius 3 is 2.59 bits per heavy atom. The van der Waals surface area contributed by atoms with Crippen molar-refractivity contribution in [3.63, 3.8) is 0 Å². The number of nitrogens with zero attached hydrogens (tertiary/aromatic N) is 3. The van der Waals surface area contributed by atoms with E-state index in [4.69, 9.17) is 0 Å². The molecular formula is C21H30N4O3S. The molecule has 1 aliphatic carbocycles. The molecule has 29 heavy (non-hydrogen) atoms. The molecule has 0 bridgehead atoms. The minimum Gasteiger partial charge on any atom is -0.353 e. The van der Waals surface area contributed by atoms with Gasteiger partial charge in [-0.2, -0.15) is 4.31 Å². The average Bonchev–Trinajstić information content (AvgIpc) is 3.34. The van der Waals surface area contributed by atoms with Crippen LogP contribution in [0.4, 0.5) is 0 Å². The second-order valence-corrected chi connectivity index (χ2v) is 10.2. The number of hydrogen-bond acceptors (Lipinski definition) is 4. The molecule has 1 aromatic carbocycles. The molecule has 2 fully saturated rings. The fourth-order valence-electron chi connectivity index (χ4n) is 4.46. The summed E-state index contributed by atoms with van der Waals surface area (Å²) < 4.78 is 29.4. The first-order valence-corrected chi connectivity index (χ1v) is 12.1. The van der Waals surface area contributed by atoms with E-state index in [9.17, 15) is 13.2 Å². The fraction of sp³-hybridized carbons (Fsp3) is 0.619. The smallest absolute Gasteiger partial charge is 0.243 e. The highest BCUT2D eigenvalue weighted by Gasteiger charge is 2.26. The van der Waals surface area contributed by atoms with E-state index >= 15 is 0 Å². The van der Waals surface area contributed by atoms with Gasteiger partial charge in [-0.25, -0.2) is 13.4 Å². The molecule has 1 aromatic heterocycles. The van der Waals surface area contributed by atoms with Crippen molar-refractivity contribution in [3.05, 3.63) is 24.0 Å². The van der Waals surface area contributed by atoms with Gasteiger partial charge in [-0.05, 0) is 43.9 Å². The van der Waals surface area contributed by atoms with Crippen LogP contribution in [-0.4, -0.2) is 47.3 Å². The molecule has 1 amide bonds. The van der Waals surface area contributed by atoms with Crippen LogP contribution in [0.5, 0.6) is 0 Å². The average molecular weight is 419 g/mol. The summed E-state index contributed by atoms with van der Waals surface area (Å²) in [6, 6.07) is 5.48. The number of amides is 1. The number of sulfonamides is 1. The summed E-state index contributed by atoms with van der Waals surface area (Å²) in [5.74, 6) is 0.867. The number of fused-ring (bicyclic) bond motifs is 1. The fourth-order valence-corrected chi connectivity index (χ4v) is 6.00. The van der Waals surface area contributed by atoms with Crippen molar-refractivity contribution in [2.75, 3.05) is 13.1 Å². The van der Waals surface area contributed by atoms with Crippen molar-refractivity contribution in [1.29, 1.82) is 0 Å². The summed E-state index contributed by atoms with van der Waals surface area (Å²) in [4.78, 5) is 17.2. The molecule has 0 spiro atoms. The van der Waals surface area contributed by atoms with Crippen molar-refractivity contribution < 1.29 is 13.2 Å². The van der Waals surface area contributed by atoms with Crippen LogP contribution in [0.15, 0.2) is 23.1 Å². The first-order valence-electron chi connectivity index (χ1n) is 10.7. The third-order valence-electron chi connectivity index (χ3n) is 6.19. The second-order valence-electron chi connectivity index (χ2n) is 8.25. The van der Waals surface area contributed by atoms with Crippen LogP contribution in [0.1, 0.15) is 57.2 Å². The number of rotatable bonds is 6. The maximum Gasteiger partial charge on any atom is 0.243 e. The Morgan fingerprint density at radius 2 is 1.86 bits per heavy atom. The molecule has 7 nitrogen and oxygen atoms in total. The Kier molecular flexibility index (Phi) is 5.92. The van der Waals surface area contributed by atoms with Gasteiger partial charge >= 0.3 is 0 Å². The lowest BCUT2D eigenvalue weighted by Crippen LogP contribution is -2.35. The summed E-state index contributed by atoms with van der Waals surface area (Å²) in [5, 5.41) is 3.11. The number of nitrogens with one attached hydrogen (secondary N) is 1. The number of aryl methyl sites for hydroxylation is 2. The van der Waals surface area contributed by atoms with Gasteiger partial charge in [0.15, 0.2) is 0 Å². The summed E-state index contributed by atoms with van der Waals surface area (Å²) in [6.07, 6.45) is 8.39. The number of carbonyl (C=O) groups excluding carboxylic acids is 1.